The molecule has 1 N–H and O–H groups in total. The highest BCUT2D eigenvalue weighted by molar-refractivity contribution is 5.94. The number of carbonyl (C=O) groups is 1. The molecule has 2 aliphatic rings. The van der Waals surface area contributed by atoms with Crippen molar-refractivity contribution in [2.75, 3.05) is 0 Å². The van der Waals surface area contributed by atoms with Gasteiger partial charge in [-0.15, -0.1) is 0 Å². The van der Waals surface area contributed by atoms with Gasteiger partial charge in [-0.1, -0.05) is 36.9 Å². The predicted octanol–water partition coefficient (Wildman–Crippen LogP) is 4.96. The third-order valence-corrected chi connectivity index (χ3v) is 6.54. The molecule has 0 aliphatic heterocycles. The maximum atomic E-state index is 12.8. The molecule has 0 radical (unpaired) electrons. The summed E-state index contributed by atoms with van der Waals surface area (Å²) in [7, 11) is 0. The van der Waals surface area contributed by atoms with Crippen LogP contribution in [0.5, 0.6) is 5.75 Å². The molecule has 150 valence electrons. The lowest BCUT2D eigenvalue weighted by Crippen LogP contribution is -2.41. The second kappa shape index (κ2) is 8.38. The van der Waals surface area contributed by atoms with Crippen molar-refractivity contribution in [2.24, 2.45) is 11.8 Å². The van der Waals surface area contributed by atoms with Crippen molar-refractivity contribution >= 4 is 5.91 Å². The van der Waals surface area contributed by atoms with Crippen LogP contribution in [0, 0.1) is 25.7 Å². The Bertz CT molecular complexity index is 810. The number of aryl methyl sites for hydroxylation is 2. The highest BCUT2D eigenvalue weighted by atomic mass is 16.5. The highest BCUT2D eigenvalue weighted by Crippen LogP contribution is 2.40. The van der Waals surface area contributed by atoms with Crippen LogP contribution in [0.4, 0.5) is 0 Å². The molecule has 1 aromatic carbocycles. The summed E-state index contributed by atoms with van der Waals surface area (Å²) in [4.78, 5) is 12.8. The Morgan fingerprint density at radius 3 is 2.79 bits per heavy atom. The minimum absolute atomic E-state index is 0.00190. The molecule has 0 saturated heterocycles. The third kappa shape index (κ3) is 4.23. The predicted molar refractivity (Wildman–Crippen MR) is 107 cm³/mol. The molecule has 2 aliphatic carbocycles. The number of hydrogen-bond acceptors (Lipinski definition) is 4. The summed E-state index contributed by atoms with van der Waals surface area (Å²) in [5.41, 5.74) is 2.45. The molecule has 2 fully saturated rings. The SMILES string of the molecule is Cc1noc(C)c1COc1cccc(C(=O)N[C@@H]2CC[C@@H]3CCCC[C@H]3C2)c1. The molecule has 1 aromatic heterocycles. The van der Waals surface area contributed by atoms with Gasteiger partial charge in [-0.25, -0.2) is 0 Å². The van der Waals surface area contributed by atoms with Crippen LogP contribution in [0.15, 0.2) is 28.8 Å². The third-order valence-electron chi connectivity index (χ3n) is 6.54. The normalized spacial score (nSPS) is 24.4. The summed E-state index contributed by atoms with van der Waals surface area (Å²) >= 11 is 0. The van der Waals surface area contributed by atoms with Gasteiger partial charge in [0.05, 0.1) is 11.3 Å². The summed E-state index contributed by atoms with van der Waals surface area (Å²) in [6.45, 7) is 4.17. The maximum Gasteiger partial charge on any atom is 0.251 e. The van der Waals surface area contributed by atoms with E-state index in [1.54, 1.807) is 0 Å². The number of nitrogens with one attached hydrogen (secondary N) is 1. The van der Waals surface area contributed by atoms with Gasteiger partial charge in [-0.05, 0) is 63.1 Å². The first-order valence-electron chi connectivity index (χ1n) is 10.6. The molecule has 28 heavy (non-hydrogen) atoms. The molecule has 3 atom stereocenters. The Morgan fingerprint density at radius 1 is 1.18 bits per heavy atom. The van der Waals surface area contributed by atoms with Gasteiger partial charge >= 0.3 is 0 Å². The summed E-state index contributed by atoms with van der Waals surface area (Å²) in [5.74, 6) is 3.15. The van der Waals surface area contributed by atoms with Crippen LogP contribution in [-0.4, -0.2) is 17.1 Å². The van der Waals surface area contributed by atoms with Crippen molar-refractivity contribution in [3.63, 3.8) is 0 Å². The van der Waals surface area contributed by atoms with Gasteiger partial charge in [0.1, 0.15) is 18.1 Å². The van der Waals surface area contributed by atoms with Crippen LogP contribution in [0.3, 0.4) is 0 Å². The number of rotatable bonds is 5. The lowest BCUT2D eigenvalue weighted by Gasteiger charge is -2.39. The van der Waals surface area contributed by atoms with Crippen LogP contribution in [-0.2, 0) is 6.61 Å². The number of hydrogen-bond donors (Lipinski definition) is 1. The maximum absolute atomic E-state index is 12.8. The minimum Gasteiger partial charge on any atom is -0.489 e. The number of benzene rings is 1. The first-order valence-corrected chi connectivity index (χ1v) is 10.6. The first-order chi connectivity index (χ1) is 13.6. The average molecular weight is 383 g/mol. The van der Waals surface area contributed by atoms with E-state index in [1.165, 1.54) is 32.1 Å². The zero-order valence-electron chi connectivity index (χ0n) is 16.9. The van der Waals surface area contributed by atoms with Gasteiger partial charge in [0.25, 0.3) is 5.91 Å². The number of fused-ring (bicyclic) bond motifs is 1. The molecule has 5 heteroatoms. The molecule has 2 saturated carbocycles. The first kappa shape index (κ1) is 19.0. The van der Waals surface area contributed by atoms with Crippen molar-refractivity contribution in [2.45, 2.75) is 71.4 Å². The minimum atomic E-state index is 0.00190. The van der Waals surface area contributed by atoms with Crippen molar-refractivity contribution in [3.05, 3.63) is 46.8 Å². The van der Waals surface area contributed by atoms with Crippen molar-refractivity contribution in [1.82, 2.24) is 10.5 Å². The van der Waals surface area contributed by atoms with Gasteiger partial charge in [-0.2, -0.15) is 0 Å². The molecule has 0 spiro atoms. The van der Waals surface area contributed by atoms with Crippen LogP contribution in [0.25, 0.3) is 0 Å². The van der Waals surface area contributed by atoms with E-state index in [1.807, 2.05) is 38.1 Å². The number of aromatic nitrogens is 1. The molecular formula is C23H30N2O3. The summed E-state index contributed by atoms with van der Waals surface area (Å²) in [5, 5.41) is 7.21. The van der Waals surface area contributed by atoms with Gasteiger partial charge in [0.15, 0.2) is 0 Å². The van der Waals surface area contributed by atoms with E-state index in [4.69, 9.17) is 9.26 Å². The van der Waals surface area contributed by atoms with E-state index < -0.39 is 0 Å². The monoisotopic (exact) mass is 382 g/mol. The Balaban J connectivity index is 1.35. The van der Waals surface area contributed by atoms with E-state index in [2.05, 4.69) is 10.5 Å². The standard InChI is InChI=1S/C23H30N2O3/c1-15-22(16(2)28-25-15)14-27-21-9-5-8-19(13-21)23(26)24-20-11-10-17-6-3-4-7-18(17)12-20/h5,8-9,13,17-18,20H,3-4,6-7,10-12,14H2,1-2H3,(H,24,26)/t17-,18-,20+/m0/s1. The topological polar surface area (TPSA) is 64.4 Å². The van der Waals surface area contributed by atoms with E-state index >= 15 is 0 Å². The van der Waals surface area contributed by atoms with Crippen molar-refractivity contribution in [3.8, 4) is 5.75 Å². The molecule has 0 unspecified atom stereocenters. The average Bonchev–Trinajstić information content (AvgIpc) is 3.04. The second-order valence-electron chi connectivity index (χ2n) is 8.41. The van der Waals surface area contributed by atoms with Gasteiger partial charge in [-0.3, -0.25) is 4.79 Å². The van der Waals surface area contributed by atoms with Crippen LogP contribution in [0.2, 0.25) is 0 Å². The van der Waals surface area contributed by atoms with Gasteiger partial charge in [0, 0.05) is 11.6 Å². The van der Waals surface area contributed by atoms with Gasteiger partial charge < -0.3 is 14.6 Å². The number of nitrogens with zero attached hydrogens (tertiary/aromatic N) is 1. The number of ether oxygens (including phenoxy) is 1. The zero-order chi connectivity index (χ0) is 19.5. The van der Waals surface area contributed by atoms with E-state index in [0.717, 1.165) is 41.7 Å². The van der Waals surface area contributed by atoms with E-state index in [0.29, 0.717) is 24.0 Å². The quantitative estimate of drug-likeness (QED) is 0.794. The Labute approximate surface area is 166 Å². The lowest BCUT2D eigenvalue weighted by atomic mass is 9.69. The summed E-state index contributed by atoms with van der Waals surface area (Å²) in [6, 6.07) is 7.72. The number of carbonyl (C=O) groups excluding carboxylic acids is 1. The van der Waals surface area contributed by atoms with Crippen molar-refractivity contribution < 1.29 is 14.1 Å². The molecular weight excluding hydrogens is 352 g/mol. The summed E-state index contributed by atoms with van der Waals surface area (Å²) in [6.07, 6.45) is 8.97. The van der Waals surface area contributed by atoms with E-state index in [-0.39, 0.29) is 5.91 Å². The molecule has 1 heterocycles. The molecule has 0 bridgehead atoms. The fraction of sp³-hybridized carbons (Fsp3) is 0.565. The molecule has 1 amide bonds. The van der Waals surface area contributed by atoms with Crippen LogP contribution < -0.4 is 10.1 Å². The molecule has 2 aromatic rings. The smallest absolute Gasteiger partial charge is 0.251 e. The van der Waals surface area contributed by atoms with Crippen molar-refractivity contribution in [1.29, 1.82) is 0 Å². The van der Waals surface area contributed by atoms with Gasteiger partial charge in [0.2, 0.25) is 0 Å². The summed E-state index contributed by atoms with van der Waals surface area (Å²) < 4.78 is 11.1. The second-order valence-corrected chi connectivity index (χ2v) is 8.41. The lowest BCUT2D eigenvalue weighted by molar-refractivity contribution is 0.0879. The number of amides is 1. The van der Waals surface area contributed by atoms with E-state index in [9.17, 15) is 4.79 Å². The fourth-order valence-electron chi connectivity index (χ4n) is 4.86. The molecule has 4 rings (SSSR count). The van der Waals surface area contributed by atoms with Crippen LogP contribution in [0.1, 0.15) is 72.3 Å². The largest absolute Gasteiger partial charge is 0.489 e. The Kier molecular flexibility index (Phi) is 5.69. The fourth-order valence-corrected chi connectivity index (χ4v) is 4.86. The van der Waals surface area contributed by atoms with Crippen LogP contribution >= 0.6 is 0 Å². The zero-order valence-corrected chi connectivity index (χ0v) is 16.9. The Hall–Kier alpha value is -2.30. The highest BCUT2D eigenvalue weighted by Gasteiger charge is 2.32. The Morgan fingerprint density at radius 2 is 2.00 bits per heavy atom. The molecule has 5 nitrogen and oxygen atoms in total.